The Kier molecular flexibility index (Phi) is 3.80. The van der Waals surface area contributed by atoms with Crippen LogP contribution in [0.1, 0.15) is 96.8 Å². The monoisotopic (exact) mass is 356 g/mol. The Labute approximate surface area is 159 Å². The highest BCUT2D eigenvalue weighted by atomic mass is 16.3. The van der Waals surface area contributed by atoms with Crippen molar-refractivity contribution in [2.24, 2.45) is 17.8 Å². The third kappa shape index (κ3) is 2.67. The molecule has 2 N–H and O–H groups in total. The summed E-state index contributed by atoms with van der Waals surface area (Å²) in [6, 6.07) is 1.98. The van der Waals surface area contributed by atoms with Gasteiger partial charge in [0.15, 0.2) is 0 Å². The number of aromatic hydroxyl groups is 2. The first-order valence-corrected chi connectivity index (χ1v) is 10.5. The molecule has 2 heteroatoms. The molecular weight excluding hydrogens is 320 g/mol. The molecule has 0 saturated heterocycles. The molecule has 0 atom stereocenters. The highest BCUT2D eigenvalue weighted by Crippen LogP contribution is 2.64. The maximum Gasteiger partial charge on any atom is 0.127 e. The quantitative estimate of drug-likeness (QED) is 0.632. The number of phenolic OH excluding ortho intramolecular Hbond substituents is 2. The van der Waals surface area contributed by atoms with E-state index in [2.05, 4.69) is 41.5 Å². The molecule has 2 nitrogen and oxygen atoms in total. The van der Waals surface area contributed by atoms with Gasteiger partial charge in [-0.1, -0.05) is 41.5 Å². The molecule has 5 rings (SSSR count). The van der Waals surface area contributed by atoms with E-state index in [-0.39, 0.29) is 22.0 Å². The summed E-state index contributed by atoms with van der Waals surface area (Å²) in [6.45, 7) is 12.9. The van der Waals surface area contributed by atoms with Gasteiger partial charge in [0.1, 0.15) is 11.5 Å². The second-order valence-electron chi connectivity index (χ2n) is 11.7. The molecule has 0 radical (unpaired) electrons. The summed E-state index contributed by atoms with van der Waals surface area (Å²) in [4.78, 5) is 0. The molecule has 4 aliphatic rings. The minimum absolute atomic E-state index is 0.0932. The van der Waals surface area contributed by atoms with Gasteiger partial charge in [0.25, 0.3) is 0 Å². The molecule has 0 amide bonds. The van der Waals surface area contributed by atoms with Crippen molar-refractivity contribution in [3.05, 3.63) is 22.8 Å². The summed E-state index contributed by atoms with van der Waals surface area (Å²) < 4.78 is 0. The predicted octanol–water partition coefficient (Wildman–Crippen LogP) is 6.16. The van der Waals surface area contributed by atoms with Crippen LogP contribution >= 0.6 is 0 Å². The number of rotatable bonds is 1. The predicted molar refractivity (Wildman–Crippen MR) is 107 cm³/mol. The Morgan fingerprint density at radius 3 is 1.65 bits per heavy atom. The topological polar surface area (TPSA) is 40.5 Å². The molecule has 0 unspecified atom stereocenters. The summed E-state index contributed by atoms with van der Waals surface area (Å²) in [5.41, 5.74) is 2.83. The fourth-order valence-corrected chi connectivity index (χ4v) is 6.94. The number of phenols is 2. The summed E-state index contributed by atoms with van der Waals surface area (Å²) in [6.07, 6.45) is 7.87. The zero-order valence-corrected chi connectivity index (χ0v) is 17.4. The van der Waals surface area contributed by atoms with Crippen LogP contribution in [-0.4, -0.2) is 10.2 Å². The van der Waals surface area contributed by atoms with E-state index in [1.54, 1.807) is 0 Å². The third-order valence-electron chi connectivity index (χ3n) is 7.41. The van der Waals surface area contributed by atoms with Crippen molar-refractivity contribution < 1.29 is 10.2 Å². The van der Waals surface area contributed by atoms with E-state index in [0.717, 1.165) is 28.9 Å². The molecule has 4 fully saturated rings. The van der Waals surface area contributed by atoms with Gasteiger partial charge in [-0.05, 0) is 78.7 Å². The summed E-state index contributed by atoms with van der Waals surface area (Å²) in [7, 11) is 0. The second-order valence-corrected chi connectivity index (χ2v) is 11.7. The average molecular weight is 357 g/mol. The van der Waals surface area contributed by atoms with Crippen molar-refractivity contribution in [1.82, 2.24) is 0 Å². The van der Waals surface area contributed by atoms with Gasteiger partial charge in [-0.15, -0.1) is 0 Å². The van der Waals surface area contributed by atoms with Crippen LogP contribution in [0.4, 0.5) is 0 Å². The molecule has 4 saturated carbocycles. The molecular formula is C24H36O2. The van der Waals surface area contributed by atoms with E-state index in [4.69, 9.17) is 0 Å². The zero-order valence-electron chi connectivity index (χ0n) is 17.4. The van der Waals surface area contributed by atoms with Crippen LogP contribution in [0, 0.1) is 17.8 Å². The van der Waals surface area contributed by atoms with Crippen molar-refractivity contribution >= 4 is 0 Å². The lowest BCUT2D eigenvalue weighted by Crippen LogP contribution is -2.49. The molecule has 4 aliphatic carbocycles. The van der Waals surface area contributed by atoms with Crippen LogP contribution in [0.5, 0.6) is 11.5 Å². The largest absolute Gasteiger partial charge is 0.507 e. The Morgan fingerprint density at radius 2 is 1.27 bits per heavy atom. The minimum Gasteiger partial charge on any atom is -0.507 e. The lowest BCUT2D eigenvalue weighted by molar-refractivity contribution is -0.00703. The zero-order chi connectivity index (χ0) is 19.1. The Morgan fingerprint density at radius 1 is 0.808 bits per heavy atom. The molecule has 26 heavy (non-hydrogen) atoms. The first kappa shape index (κ1) is 18.2. The number of hydrogen-bond donors (Lipinski definition) is 2. The number of hydrogen-bond acceptors (Lipinski definition) is 2. The molecule has 4 bridgehead atoms. The van der Waals surface area contributed by atoms with E-state index in [1.807, 2.05) is 6.07 Å². The first-order valence-electron chi connectivity index (χ1n) is 10.5. The van der Waals surface area contributed by atoms with E-state index in [9.17, 15) is 10.2 Å². The fourth-order valence-electron chi connectivity index (χ4n) is 6.94. The van der Waals surface area contributed by atoms with Crippen LogP contribution < -0.4 is 0 Å². The molecule has 0 aliphatic heterocycles. The van der Waals surface area contributed by atoms with Crippen molar-refractivity contribution in [3.8, 4) is 11.5 Å². The number of benzene rings is 1. The lowest BCUT2D eigenvalue weighted by Gasteiger charge is -2.58. The van der Waals surface area contributed by atoms with Crippen molar-refractivity contribution in [2.45, 2.75) is 96.3 Å². The Bertz CT molecular complexity index is 695. The van der Waals surface area contributed by atoms with E-state index >= 15 is 0 Å². The van der Waals surface area contributed by atoms with Crippen LogP contribution in [0.2, 0.25) is 0 Å². The molecule has 0 spiro atoms. The third-order valence-corrected chi connectivity index (χ3v) is 7.41. The van der Waals surface area contributed by atoms with Gasteiger partial charge < -0.3 is 10.2 Å². The summed E-state index contributed by atoms with van der Waals surface area (Å²) in [5.74, 6) is 3.15. The van der Waals surface area contributed by atoms with E-state index in [1.165, 1.54) is 44.1 Å². The van der Waals surface area contributed by atoms with Crippen molar-refractivity contribution in [2.75, 3.05) is 0 Å². The maximum absolute atomic E-state index is 11.5. The Balaban J connectivity index is 1.98. The van der Waals surface area contributed by atoms with Gasteiger partial charge >= 0.3 is 0 Å². The van der Waals surface area contributed by atoms with Crippen LogP contribution in [0.15, 0.2) is 6.07 Å². The van der Waals surface area contributed by atoms with E-state index < -0.39 is 0 Å². The second kappa shape index (κ2) is 5.42. The molecule has 0 heterocycles. The first-order chi connectivity index (χ1) is 11.9. The highest BCUT2D eigenvalue weighted by molar-refractivity contribution is 5.60. The van der Waals surface area contributed by atoms with Gasteiger partial charge in [-0.3, -0.25) is 0 Å². The smallest absolute Gasteiger partial charge is 0.127 e. The van der Waals surface area contributed by atoms with Crippen LogP contribution in [0.25, 0.3) is 0 Å². The lowest BCUT2D eigenvalue weighted by atomic mass is 9.47. The molecule has 0 aromatic heterocycles. The molecule has 144 valence electrons. The summed E-state index contributed by atoms with van der Waals surface area (Å²) >= 11 is 0. The van der Waals surface area contributed by atoms with Gasteiger partial charge in [0.05, 0.1) is 0 Å². The minimum atomic E-state index is -0.276. The van der Waals surface area contributed by atoms with Crippen LogP contribution in [0.3, 0.4) is 0 Å². The van der Waals surface area contributed by atoms with Gasteiger partial charge in [0, 0.05) is 16.5 Å². The molecule has 1 aromatic rings. The molecule has 1 aromatic carbocycles. The van der Waals surface area contributed by atoms with Gasteiger partial charge in [-0.25, -0.2) is 0 Å². The normalized spacial score (nSPS) is 33.7. The maximum atomic E-state index is 11.5. The van der Waals surface area contributed by atoms with Crippen molar-refractivity contribution in [1.29, 1.82) is 0 Å². The van der Waals surface area contributed by atoms with Gasteiger partial charge in [-0.2, -0.15) is 0 Å². The van der Waals surface area contributed by atoms with Crippen LogP contribution in [-0.2, 0) is 16.2 Å². The SMILES string of the molecule is CC(C)(C)c1cc(O)c(C(C)(C)C)c(O)c1C12CC3CC(CC(C3)C1)C2. The average Bonchev–Trinajstić information content (AvgIpc) is 2.41. The van der Waals surface area contributed by atoms with Crippen molar-refractivity contribution in [3.63, 3.8) is 0 Å². The van der Waals surface area contributed by atoms with Gasteiger partial charge in [0.2, 0.25) is 0 Å². The summed E-state index contributed by atoms with van der Waals surface area (Å²) in [5, 5.41) is 22.4. The highest BCUT2D eigenvalue weighted by Gasteiger charge is 2.54. The van der Waals surface area contributed by atoms with E-state index in [0.29, 0.717) is 5.75 Å². The fraction of sp³-hybridized carbons (Fsp3) is 0.750. The Hall–Kier alpha value is -1.18. The standard InChI is InChI=1S/C24H36O2/c1-22(2,3)17-10-18(25)20(23(4,5)6)21(26)19(17)24-11-14-7-15(12-24)9-16(8-14)13-24/h10,14-16,25-26H,7-9,11-13H2,1-6H3.